The zero-order valence-corrected chi connectivity index (χ0v) is 14.8. The Morgan fingerprint density at radius 2 is 1.38 bits per heavy atom. The molecule has 1 rings (SSSR count). The summed E-state index contributed by atoms with van der Waals surface area (Å²) in [6.07, 6.45) is 20.0. The molecule has 0 radical (unpaired) electrons. The van der Waals surface area contributed by atoms with Crippen molar-refractivity contribution in [1.82, 2.24) is 0 Å². The quantitative estimate of drug-likeness (QED) is 0.385. The maximum atomic E-state index is 10.1. The molecule has 1 saturated carbocycles. The van der Waals surface area contributed by atoms with Crippen LogP contribution in [0, 0.1) is 11.8 Å². The van der Waals surface area contributed by atoms with E-state index in [-0.39, 0.29) is 6.10 Å². The minimum Gasteiger partial charge on any atom is -0.393 e. The van der Waals surface area contributed by atoms with E-state index in [4.69, 9.17) is 0 Å². The number of aliphatic hydroxyl groups is 1. The minimum absolute atomic E-state index is 0.0256. The molecule has 0 bridgehead atoms. The monoisotopic (exact) mass is 296 g/mol. The van der Waals surface area contributed by atoms with Crippen LogP contribution in [0.5, 0.6) is 0 Å². The van der Waals surface area contributed by atoms with Crippen LogP contribution in [0.15, 0.2) is 0 Å². The number of hydrogen-bond donors (Lipinski definition) is 1. The Kier molecular flexibility index (Phi) is 11.3. The van der Waals surface area contributed by atoms with Gasteiger partial charge in [0, 0.05) is 0 Å². The molecule has 0 aromatic heterocycles. The minimum atomic E-state index is -0.0256. The maximum absolute atomic E-state index is 10.1. The van der Waals surface area contributed by atoms with Gasteiger partial charge in [0.15, 0.2) is 0 Å². The number of aliphatic hydroxyl groups excluding tert-OH is 1. The number of rotatable bonds is 13. The molecule has 0 saturated heterocycles. The molecule has 0 spiro atoms. The molecule has 1 aliphatic rings. The highest BCUT2D eigenvalue weighted by molar-refractivity contribution is 4.78. The topological polar surface area (TPSA) is 20.2 Å². The molecule has 0 heterocycles. The van der Waals surface area contributed by atoms with Crippen molar-refractivity contribution in [2.24, 2.45) is 11.8 Å². The van der Waals surface area contributed by atoms with Crippen molar-refractivity contribution in [3.8, 4) is 0 Å². The lowest BCUT2D eigenvalue weighted by Crippen LogP contribution is -2.13. The van der Waals surface area contributed by atoms with E-state index in [0.29, 0.717) is 0 Å². The standard InChI is InChI=1S/C20H40O/c1-3-5-7-8-10-12-18-13-11-14-19(18)16-17-20(21)15-9-6-4-2/h18-21H,3-17H2,1-2H3/t18-,19+,20?/m0/s1. The predicted molar refractivity (Wildman–Crippen MR) is 93.6 cm³/mol. The Bertz CT molecular complexity index is 226. The van der Waals surface area contributed by atoms with E-state index in [0.717, 1.165) is 24.7 Å². The van der Waals surface area contributed by atoms with Crippen molar-refractivity contribution in [3.63, 3.8) is 0 Å². The van der Waals surface area contributed by atoms with Crippen molar-refractivity contribution in [2.75, 3.05) is 0 Å². The third kappa shape index (κ3) is 8.86. The van der Waals surface area contributed by atoms with Gasteiger partial charge < -0.3 is 5.11 Å². The van der Waals surface area contributed by atoms with Crippen LogP contribution in [0.2, 0.25) is 0 Å². The second-order valence-corrected chi connectivity index (χ2v) is 7.38. The van der Waals surface area contributed by atoms with E-state index in [2.05, 4.69) is 13.8 Å². The summed E-state index contributed by atoms with van der Waals surface area (Å²) in [5.74, 6) is 1.91. The molecule has 1 heteroatoms. The summed E-state index contributed by atoms with van der Waals surface area (Å²) >= 11 is 0. The van der Waals surface area contributed by atoms with Gasteiger partial charge in [-0.25, -0.2) is 0 Å². The molecular weight excluding hydrogens is 256 g/mol. The highest BCUT2D eigenvalue weighted by atomic mass is 16.3. The fourth-order valence-corrected chi connectivity index (χ4v) is 4.06. The summed E-state index contributed by atoms with van der Waals surface area (Å²) < 4.78 is 0. The summed E-state index contributed by atoms with van der Waals surface area (Å²) in [5, 5.41) is 10.1. The van der Waals surface area contributed by atoms with Crippen LogP contribution in [-0.2, 0) is 0 Å². The SMILES string of the molecule is CCCCCCC[C@H]1CCC[C@@H]1CCC(O)CCCCC. The Balaban J connectivity index is 2.09. The van der Waals surface area contributed by atoms with Crippen LogP contribution < -0.4 is 0 Å². The van der Waals surface area contributed by atoms with Gasteiger partial charge in [0.05, 0.1) is 6.10 Å². The van der Waals surface area contributed by atoms with Crippen LogP contribution in [0.4, 0.5) is 0 Å². The van der Waals surface area contributed by atoms with E-state index in [1.165, 1.54) is 83.5 Å². The van der Waals surface area contributed by atoms with E-state index in [1.54, 1.807) is 0 Å². The largest absolute Gasteiger partial charge is 0.393 e. The van der Waals surface area contributed by atoms with Crippen LogP contribution in [0.25, 0.3) is 0 Å². The Morgan fingerprint density at radius 1 is 0.762 bits per heavy atom. The molecule has 21 heavy (non-hydrogen) atoms. The smallest absolute Gasteiger partial charge is 0.0540 e. The molecule has 0 aromatic carbocycles. The fraction of sp³-hybridized carbons (Fsp3) is 1.00. The Hall–Kier alpha value is -0.0400. The Labute approximate surface area is 133 Å². The number of unbranched alkanes of at least 4 members (excludes halogenated alkanes) is 6. The third-order valence-corrected chi connectivity index (χ3v) is 5.51. The van der Waals surface area contributed by atoms with Crippen LogP contribution in [0.1, 0.15) is 110 Å². The molecule has 3 atom stereocenters. The van der Waals surface area contributed by atoms with Crippen molar-refractivity contribution >= 4 is 0 Å². The summed E-state index contributed by atoms with van der Waals surface area (Å²) in [4.78, 5) is 0. The predicted octanol–water partition coefficient (Wildman–Crippen LogP) is 6.48. The molecule has 1 nitrogen and oxygen atoms in total. The van der Waals surface area contributed by atoms with Gasteiger partial charge in [-0.1, -0.05) is 90.9 Å². The van der Waals surface area contributed by atoms with Gasteiger partial charge in [0.1, 0.15) is 0 Å². The van der Waals surface area contributed by atoms with Crippen molar-refractivity contribution in [3.05, 3.63) is 0 Å². The third-order valence-electron chi connectivity index (χ3n) is 5.51. The lowest BCUT2D eigenvalue weighted by molar-refractivity contribution is 0.137. The zero-order valence-electron chi connectivity index (χ0n) is 14.8. The zero-order chi connectivity index (χ0) is 15.3. The molecule has 0 aromatic rings. The second-order valence-electron chi connectivity index (χ2n) is 7.38. The summed E-state index contributed by atoms with van der Waals surface area (Å²) in [6.45, 7) is 4.52. The summed E-state index contributed by atoms with van der Waals surface area (Å²) in [7, 11) is 0. The van der Waals surface area contributed by atoms with E-state index < -0.39 is 0 Å². The van der Waals surface area contributed by atoms with E-state index >= 15 is 0 Å². The first-order valence-corrected chi connectivity index (χ1v) is 9.96. The highest BCUT2D eigenvalue weighted by Gasteiger charge is 2.26. The lowest BCUT2D eigenvalue weighted by Gasteiger charge is -2.21. The molecule has 1 N–H and O–H groups in total. The van der Waals surface area contributed by atoms with Gasteiger partial charge in [0.2, 0.25) is 0 Å². The van der Waals surface area contributed by atoms with Crippen LogP contribution in [0.3, 0.4) is 0 Å². The number of hydrogen-bond acceptors (Lipinski definition) is 1. The highest BCUT2D eigenvalue weighted by Crippen LogP contribution is 2.38. The van der Waals surface area contributed by atoms with E-state index in [1.807, 2.05) is 0 Å². The maximum Gasteiger partial charge on any atom is 0.0540 e. The van der Waals surface area contributed by atoms with Gasteiger partial charge in [0.25, 0.3) is 0 Å². The summed E-state index contributed by atoms with van der Waals surface area (Å²) in [5.41, 5.74) is 0. The average Bonchev–Trinajstić information content (AvgIpc) is 2.93. The fourth-order valence-electron chi connectivity index (χ4n) is 4.06. The first-order chi connectivity index (χ1) is 10.3. The van der Waals surface area contributed by atoms with Crippen molar-refractivity contribution in [2.45, 2.75) is 116 Å². The van der Waals surface area contributed by atoms with Crippen LogP contribution >= 0.6 is 0 Å². The van der Waals surface area contributed by atoms with E-state index in [9.17, 15) is 5.11 Å². The van der Waals surface area contributed by atoms with Crippen molar-refractivity contribution < 1.29 is 5.11 Å². The molecule has 126 valence electrons. The normalized spacial score (nSPS) is 23.6. The van der Waals surface area contributed by atoms with Crippen LogP contribution in [-0.4, -0.2) is 11.2 Å². The Morgan fingerprint density at radius 3 is 2.10 bits per heavy atom. The molecule has 0 amide bonds. The first kappa shape index (κ1) is 19.0. The molecule has 1 unspecified atom stereocenters. The molecule has 1 fully saturated rings. The first-order valence-electron chi connectivity index (χ1n) is 9.96. The second kappa shape index (κ2) is 12.5. The van der Waals surface area contributed by atoms with Crippen molar-refractivity contribution in [1.29, 1.82) is 0 Å². The van der Waals surface area contributed by atoms with Gasteiger partial charge in [-0.15, -0.1) is 0 Å². The van der Waals surface area contributed by atoms with Gasteiger partial charge in [-0.3, -0.25) is 0 Å². The van der Waals surface area contributed by atoms with Gasteiger partial charge in [-0.05, 0) is 31.1 Å². The molecule has 0 aliphatic heterocycles. The van der Waals surface area contributed by atoms with Gasteiger partial charge >= 0.3 is 0 Å². The summed E-state index contributed by atoms with van der Waals surface area (Å²) in [6, 6.07) is 0. The molecule has 1 aliphatic carbocycles. The van der Waals surface area contributed by atoms with Gasteiger partial charge in [-0.2, -0.15) is 0 Å². The average molecular weight is 297 g/mol. The molecular formula is C20H40O. The lowest BCUT2D eigenvalue weighted by atomic mass is 9.86.